The Balaban J connectivity index is 2.33. The molecule has 0 fully saturated rings. The fourth-order valence-corrected chi connectivity index (χ4v) is 1.59. The Morgan fingerprint density at radius 2 is 2.15 bits per heavy atom. The first-order valence-corrected chi connectivity index (χ1v) is 6.85. The number of para-hydroxylation sites is 1. The second-order valence-corrected chi connectivity index (χ2v) is 5.22. The molecule has 3 N–H and O–H groups in total. The largest absolute Gasteiger partial charge is 0.384 e. The van der Waals surface area contributed by atoms with Crippen LogP contribution in [0, 0.1) is 5.92 Å². The van der Waals surface area contributed by atoms with Crippen molar-refractivity contribution in [1.29, 1.82) is 0 Å². The molecule has 1 amide bonds. The van der Waals surface area contributed by atoms with Gasteiger partial charge in [0.1, 0.15) is 5.84 Å². The second-order valence-electron chi connectivity index (χ2n) is 4.82. The third kappa shape index (κ3) is 6.43. The summed E-state index contributed by atoms with van der Waals surface area (Å²) in [6.45, 7) is 4.00. The highest BCUT2D eigenvalue weighted by Gasteiger charge is 2.05. The number of carbonyl (C=O) groups excluding carboxylic acids is 1. The van der Waals surface area contributed by atoms with Gasteiger partial charge in [0.25, 0.3) is 5.91 Å². The molecule has 110 valence electrons. The van der Waals surface area contributed by atoms with E-state index in [0.717, 1.165) is 6.42 Å². The number of benzene rings is 1. The smallest absolute Gasteiger partial charge is 0.265 e. The third-order valence-corrected chi connectivity index (χ3v) is 2.83. The third-order valence-electron chi connectivity index (χ3n) is 2.50. The minimum Gasteiger partial charge on any atom is -0.384 e. The van der Waals surface area contributed by atoms with E-state index in [1.807, 2.05) is 0 Å². The molecule has 0 atom stereocenters. The van der Waals surface area contributed by atoms with Crippen LogP contribution in [0.15, 0.2) is 29.4 Å². The minimum absolute atomic E-state index is 0.201. The Morgan fingerprint density at radius 3 is 2.80 bits per heavy atom. The Morgan fingerprint density at radius 1 is 1.45 bits per heavy atom. The van der Waals surface area contributed by atoms with Crippen molar-refractivity contribution in [2.24, 2.45) is 16.8 Å². The number of carbonyl (C=O) groups is 1. The molecule has 0 aliphatic rings. The van der Waals surface area contributed by atoms with E-state index in [9.17, 15) is 4.79 Å². The number of halogens is 1. The van der Waals surface area contributed by atoms with Gasteiger partial charge in [-0.1, -0.05) is 42.7 Å². The lowest BCUT2D eigenvalue weighted by atomic mass is 10.1. The fraction of sp³-hybridized carbons (Fsp3) is 0.429. The van der Waals surface area contributed by atoms with Crippen molar-refractivity contribution in [2.75, 3.05) is 11.9 Å². The zero-order chi connectivity index (χ0) is 15.0. The summed E-state index contributed by atoms with van der Waals surface area (Å²) in [7, 11) is 0. The zero-order valence-electron chi connectivity index (χ0n) is 11.7. The summed E-state index contributed by atoms with van der Waals surface area (Å²) in [6, 6.07) is 6.97. The van der Waals surface area contributed by atoms with Gasteiger partial charge in [0.2, 0.25) is 0 Å². The van der Waals surface area contributed by atoms with Gasteiger partial charge in [-0.15, -0.1) is 0 Å². The summed E-state index contributed by atoms with van der Waals surface area (Å²) < 4.78 is 0. The summed E-state index contributed by atoms with van der Waals surface area (Å²) in [5.41, 5.74) is 6.20. The fourth-order valence-electron chi connectivity index (χ4n) is 1.40. The van der Waals surface area contributed by atoms with Crippen molar-refractivity contribution < 1.29 is 9.63 Å². The van der Waals surface area contributed by atoms with Crippen molar-refractivity contribution in [1.82, 2.24) is 0 Å². The van der Waals surface area contributed by atoms with Crippen molar-refractivity contribution in [3.63, 3.8) is 0 Å². The van der Waals surface area contributed by atoms with Crippen LogP contribution in [0.1, 0.15) is 26.7 Å². The topological polar surface area (TPSA) is 76.7 Å². The number of nitrogens with two attached hydrogens (primary N) is 1. The van der Waals surface area contributed by atoms with E-state index in [1.165, 1.54) is 0 Å². The van der Waals surface area contributed by atoms with E-state index in [-0.39, 0.29) is 12.5 Å². The first kappa shape index (κ1) is 16.3. The van der Waals surface area contributed by atoms with Crippen molar-refractivity contribution in [3.8, 4) is 0 Å². The van der Waals surface area contributed by atoms with Gasteiger partial charge in [0.05, 0.1) is 10.7 Å². The molecule has 1 aromatic carbocycles. The number of oxime groups is 1. The Hall–Kier alpha value is -1.75. The van der Waals surface area contributed by atoms with E-state index in [0.29, 0.717) is 28.9 Å². The number of hydrogen-bond acceptors (Lipinski definition) is 3. The number of anilines is 1. The van der Waals surface area contributed by atoms with Crippen LogP contribution in [0.2, 0.25) is 5.02 Å². The molecular weight excluding hydrogens is 278 g/mol. The lowest BCUT2D eigenvalue weighted by Crippen LogP contribution is -2.19. The highest BCUT2D eigenvalue weighted by molar-refractivity contribution is 6.33. The number of amidine groups is 1. The number of nitrogens with zero attached hydrogens (tertiary/aromatic N) is 1. The molecule has 0 radical (unpaired) electrons. The van der Waals surface area contributed by atoms with E-state index >= 15 is 0 Å². The number of nitrogens with one attached hydrogen (secondary N) is 1. The molecule has 5 nitrogen and oxygen atoms in total. The first-order valence-electron chi connectivity index (χ1n) is 6.47. The van der Waals surface area contributed by atoms with Gasteiger partial charge >= 0.3 is 0 Å². The lowest BCUT2D eigenvalue weighted by Gasteiger charge is -2.06. The maximum Gasteiger partial charge on any atom is 0.265 e. The molecule has 20 heavy (non-hydrogen) atoms. The van der Waals surface area contributed by atoms with Crippen LogP contribution in [0.25, 0.3) is 0 Å². The molecule has 0 saturated carbocycles. The van der Waals surface area contributed by atoms with Gasteiger partial charge in [0.15, 0.2) is 6.61 Å². The molecule has 0 heterocycles. The van der Waals surface area contributed by atoms with Crippen LogP contribution in [0.5, 0.6) is 0 Å². The Labute approximate surface area is 124 Å². The van der Waals surface area contributed by atoms with Crippen molar-refractivity contribution >= 4 is 29.0 Å². The summed E-state index contributed by atoms with van der Waals surface area (Å²) in [5, 5.41) is 6.80. The normalized spacial score (nSPS) is 11.5. The highest BCUT2D eigenvalue weighted by Crippen LogP contribution is 2.20. The van der Waals surface area contributed by atoms with Crippen LogP contribution in [0.4, 0.5) is 5.69 Å². The molecule has 0 aliphatic carbocycles. The molecule has 6 heteroatoms. The van der Waals surface area contributed by atoms with Gasteiger partial charge in [-0.2, -0.15) is 0 Å². The van der Waals surface area contributed by atoms with Gasteiger partial charge in [-0.3, -0.25) is 4.79 Å². The maximum atomic E-state index is 11.6. The summed E-state index contributed by atoms with van der Waals surface area (Å²) >= 11 is 5.92. The van der Waals surface area contributed by atoms with Gasteiger partial charge < -0.3 is 15.9 Å². The Bertz CT molecular complexity index is 475. The van der Waals surface area contributed by atoms with Gasteiger partial charge in [-0.25, -0.2) is 0 Å². The van der Waals surface area contributed by atoms with E-state index in [1.54, 1.807) is 24.3 Å². The number of amides is 1. The average molecular weight is 298 g/mol. The molecule has 1 aromatic rings. The molecule has 0 bridgehead atoms. The highest BCUT2D eigenvalue weighted by atomic mass is 35.5. The SMILES string of the molecule is CC(C)CC/C(N)=N/OCC(=O)Nc1ccccc1Cl. The van der Waals surface area contributed by atoms with E-state index < -0.39 is 0 Å². The predicted molar refractivity (Wildman–Crippen MR) is 81.7 cm³/mol. The van der Waals surface area contributed by atoms with Gasteiger partial charge in [0, 0.05) is 6.42 Å². The summed E-state index contributed by atoms with van der Waals surface area (Å²) in [5.74, 6) is 0.607. The summed E-state index contributed by atoms with van der Waals surface area (Å²) in [6.07, 6.45) is 1.59. The quantitative estimate of drug-likeness (QED) is 0.461. The minimum atomic E-state index is -0.335. The van der Waals surface area contributed by atoms with Crippen LogP contribution >= 0.6 is 11.6 Å². The molecule has 0 unspecified atom stereocenters. The van der Waals surface area contributed by atoms with Gasteiger partial charge in [-0.05, 0) is 24.5 Å². The molecular formula is C14H20ClN3O2. The standard InChI is InChI=1S/C14H20ClN3O2/c1-10(2)7-8-13(16)18-20-9-14(19)17-12-6-4-3-5-11(12)15/h3-6,10H,7-9H2,1-2H3,(H2,16,18)(H,17,19). The van der Waals surface area contributed by atoms with E-state index in [4.69, 9.17) is 22.2 Å². The van der Waals surface area contributed by atoms with Crippen LogP contribution < -0.4 is 11.1 Å². The predicted octanol–water partition coefficient (Wildman–Crippen LogP) is 3.00. The van der Waals surface area contributed by atoms with E-state index in [2.05, 4.69) is 24.3 Å². The molecule has 0 saturated heterocycles. The number of rotatable bonds is 7. The average Bonchev–Trinajstić information content (AvgIpc) is 2.39. The Kier molecular flexibility index (Phi) is 6.87. The monoisotopic (exact) mass is 297 g/mol. The van der Waals surface area contributed by atoms with Crippen molar-refractivity contribution in [3.05, 3.63) is 29.3 Å². The molecule has 0 aliphatic heterocycles. The number of hydrogen-bond donors (Lipinski definition) is 2. The molecule has 0 aromatic heterocycles. The van der Waals surface area contributed by atoms with Crippen LogP contribution in [-0.2, 0) is 9.63 Å². The van der Waals surface area contributed by atoms with Crippen LogP contribution in [-0.4, -0.2) is 18.3 Å². The lowest BCUT2D eigenvalue weighted by molar-refractivity contribution is -0.120. The van der Waals surface area contributed by atoms with Crippen LogP contribution in [0.3, 0.4) is 0 Å². The van der Waals surface area contributed by atoms with Crippen molar-refractivity contribution in [2.45, 2.75) is 26.7 Å². The first-order chi connectivity index (χ1) is 9.49. The second kappa shape index (κ2) is 8.43. The zero-order valence-corrected chi connectivity index (χ0v) is 12.5. The molecule has 1 rings (SSSR count). The molecule has 0 spiro atoms. The summed E-state index contributed by atoms with van der Waals surface area (Å²) in [4.78, 5) is 16.5. The maximum absolute atomic E-state index is 11.6.